The molecule has 1 amide bonds. The summed E-state index contributed by atoms with van der Waals surface area (Å²) in [7, 11) is 4.11. The summed E-state index contributed by atoms with van der Waals surface area (Å²) in [6, 6.07) is 12.2. The molecule has 1 aromatic heterocycles. The molecule has 0 N–H and O–H groups in total. The van der Waals surface area contributed by atoms with Crippen molar-refractivity contribution < 1.29 is 4.79 Å². The quantitative estimate of drug-likeness (QED) is 0.437. The van der Waals surface area contributed by atoms with Gasteiger partial charge in [-0.1, -0.05) is 24.3 Å². The van der Waals surface area contributed by atoms with Crippen molar-refractivity contribution in [2.75, 3.05) is 37.8 Å². The summed E-state index contributed by atoms with van der Waals surface area (Å²) >= 11 is 3.38. The van der Waals surface area contributed by atoms with Gasteiger partial charge in [0.2, 0.25) is 0 Å². The molecule has 0 saturated carbocycles. The van der Waals surface area contributed by atoms with Crippen molar-refractivity contribution in [1.82, 2.24) is 9.88 Å². The summed E-state index contributed by atoms with van der Waals surface area (Å²) in [5.74, 6) is 1.04. The molecule has 3 rings (SSSR count). The highest BCUT2D eigenvalue weighted by Crippen LogP contribution is 2.33. The Hall–Kier alpha value is -1.89. The van der Waals surface area contributed by atoms with Gasteiger partial charge in [-0.05, 0) is 88.1 Å². The lowest BCUT2D eigenvalue weighted by molar-refractivity contribution is 0.0986. The number of thiazole rings is 1. The van der Waals surface area contributed by atoms with Crippen LogP contribution < -0.4 is 4.90 Å². The third-order valence-electron chi connectivity index (χ3n) is 4.95. The molecule has 0 radical (unpaired) electrons. The summed E-state index contributed by atoms with van der Waals surface area (Å²) in [6.45, 7) is 7.92. The van der Waals surface area contributed by atoms with E-state index in [0.717, 1.165) is 34.1 Å². The van der Waals surface area contributed by atoms with Crippen molar-refractivity contribution in [2.45, 2.75) is 32.1 Å². The van der Waals surface area contributed by atoms with E-state index in [1.165, 1.54) is 16.0 Å². The van der Waals surface area contributed by atoms with Gasteiger partial charge in [0.1, 0.15) is 0 Å². The fourth-order valence-electron chi connectivity index (χ4n) is 3.18. The normalized spacial score (nSPS) is 11.4. The number of amides is 1. The average molecular weight is 428 g/mol. The second kappa shape index (κ2) is 9.74. The van der Waals surface area contributed by atoms with Gasteiger partial charge in [0.05, 0.1) is 10.2 Å². The second-order valence-electron chi connectivity index (χ2n) is 7.42. The number of carbonyl (C=O) groups excluding carboxylic acids is 1. The third-order valence-corrected chi connectivity index (χ3v) is 6.89. The van der Waals surface area contributed by atoms with Gasteiger partial charge in [-0.25, -0.2) is 4.98 Å². The number of thioether (sulfide) groups is 1. The van der Waals surface area contributed by atoms with Gasteiger partial charge in [-0.2, -0.15) is 0 Å². The molecule has 29 heavy (non-hydrogen) atoms. The minimum Gasteiger partial charge on any atom is -0.309 e. The molecule has 0 unspecified atom stereocenters. The second-order valence-corrected chi connectivity index (χ2v) is 9.77. The first-order valence-electron chi connectivity index (χ1n) is 9.97. The molecular weight excluding hydrogens is 398 g/mol. The Bertz CT molecular complexity index is 980. The van der Waals surface area contributed by atoms with E-state index in [4.69, 9.17) is 4.98 Å². The van der Waals surface area contributed by atoms with E-state index >= 15 is 0 Å². The lowest BCUT2D eigenvalue weighted by Gasteiger charge is -2.21. The molecule has 154 valence electrons. The molecule has 1 heterocycles. The summed E-state index contributed by atoms with van der Waals surface area (Å²) in [5.41, 5.74) is 4.13. The Morgan fingerprint density at radius 2 is 1.79 bits per heavy atom. The summed E-state index contributed by atoms with van der Waals surface area (Å²) in [5, 5.41) is 0.782. The summed E-state index contributed by atoms with van der Waals surface area (Å²) in [4.78, 5) is 23.4. The van der Waals surface area contributed by atoms with Crippen LogP contribution in [0.3, 0.4) is 0 Å². The molecule has 0 fully saturated rings. The number of benzene rings is 2. The van der Waals surface area contributed by atoms with Crippen molar-refractivity contribution in [1.29, 1.82) is 0 Å². The maximum absolute atomic E-state index is 13.4. The maximum Gasteiger partial charge on any atom is 0.260 e. The lowest BCUT2D eigenvalue weighted by Crippen LogP contribution is -2.33. The molecule has 6 heteroatoms. The fourth-order valence-corrected chi connectivity index (χ4v) is 4.89. The van der Waals surface area contributed by atoms with E-state index in [-0.39, 0.29) is 5.91 Å². The summed E-state index contributed by atoms with van der Waals surface area (Å²) in [6.07, 6.45) is 0.899. The van der Waals surface area contributed by atoms with E-state index in [2.05, 4.69) is 51.9 Å². The predicted octanol–water partition coefficient (Wildman–Crippen LogP) is 5.62. The van der Waals surface area contributed by atoms with Crippen molar-refractivity contribution >= 4 is 44.4 Å². The smallest absolute Gasteiger partial charge is 0.260 e. The Balaban J connectivity index is 1.93. The van der Waals surface area contributed by atoms with E-state index < -0.39 is 0 Å². The van der Waals surface area contributed by atoms with Crippen LogP contribution in [0.4, 0.5) is 5.13 Å². The fraction of sp³-hybridized carbons (Fsp3) is 0.391. The number of rotatable bonds is 8. The van der Waals surface area contributed by atoms with Crippen LogP contribution in [-0.2, 0) is 0 Å². The van der Waals surface area contributed by atoms with Crippen LogP contribution in [0.1, 0.15) is 34.8 Å². The SMILES string of the molecule is CCSc1ccc(C(=O)N(CCCN(C)C)c2nc3c(C)c(C)ccc3s2)cc1. The van der Waals surface area contributed by atoms with Crippen LogP contribution in [0.15, 0.2) is 41.3 Å². The molecule has 0 aliphatic rings. The van der Waals surface area contributed by atoms with Crippen LogP contribution in [0.25, 0.3) is 10.2 Å². The number of hydrogen-bond donors (Lipinski definition) is 0. The molecular formula is C23H29N3OS2. The highest BCUT2D eigenvalue weighted by Gasteiger charge is 2.22. The topological polar surface area (TPSA) is 36.4 Å². The molecule has 0 saturated heterocycles. The molecule has 0 aliphatic heterocycles. The van der Waals surface area contributed by atoms with Crippen molar-refractivity contribution in [3.63, 3.8) is 0 Å². The first-order chi connectivity index (χ1) is 13.9. The molecule has 3 aromatic rings. The number of aryl methyl sites for hydroxylation is 2. The maximum atomic E-state index is 13.4. The Morgan fingerprint density at radius 3 is 2.45 bits per heavy atom. The molecule has 0 spiro atoms. The molecule has 0 bridgehead atoms. The van der Waals surface area contributed by atoms with Gasteiger partial charge in [0.25, 0.3) is 5.91 Å². The molecule has 0 atom stereocenters. The van der Waals surface area contributed by atoms with Gasteiger partial charge in [0.15, 0.2) is 5.13 Å². The van der Waals surface area contributed by atoms with Gasteiger partial charge < -0.3 is 4.90 Å². The Morgan fingerprint density at radius 1 is 1.07 bits per heavy atom. The predicted molar refractivity (Wildman–Crippen MR) is 127 cm³/mol. The van der Waals surface area contributed by atoms with Crippen LogP contribution in [-0.4, -0.2) is 48.7 Å². The van der Waals surface area contributed by atoms with Crippen molar-refractivity contribution in [3.8, 4) is 0 Å². The van der Waals surface area contributed by atoms with E-state index in [1.54, 1.807) is 23.1 Å². The van der Waals surface area contributed by atoms with E-state index in [1.807, 2.05) is 29.2 Å². The molecule has 0 aliphatic carbocycles. The van der Waals surface area contributed by atoms with E-state index in [0.29, 0.717) is 12.1 Å². The van der Waals surface area contributed by atoms with Gasteiger partial charge in [-0.15, -0.1) is 11.8 Å². The first-order valence-corrected chi connectivity index (χ1v) is 11.8. The highest BCUT2D eigenvalue weighted by molar-refractivity contribution is 7.99. The Kier molecular flexibility index (Phi) is 7.33. The zero-order valence-electron chi connectivity index (χ0n) is 17.9. The zero-order chi connectivity index (χ0) is 21.0. The van der Waals surface area contributed by atoms with Crippen LogP contribution in [0.5, 0.6) is 0 Å². The standard InChI is InChI=1S/C23H29N3OS2/c1-6-28-19-11-9-18(10-12-19)22(27)26(15-7-14-25(4)5)23-24-21-17(3)16(2)8-13-20(21)29-23/h8-13H,6-7,14-15H2,1-5H3. The highest BCUT2D eigenvalue weighted by atomic mass is 32.2. The number of hydrogen-bond acceptors (Lipinski definition) is 5. The number of nitrogens with zero attached hydrogens (tertiary/aromatic N) is 3. The number of anilines is 1. The number of fused-ring (bicyclic) bond motifs is 1. The number of carbonyl (C=O) groups is 1. The van der Waals surface area contributed by atoms with E-state index in [9.17, 15) is 4.79 Å². The average Bonchev–Trinajstić information content (AvgIpc) is 3.13. The third kappa shape index (κ3) is 5.18. The minimum atomic E-state index is 0.0187. The largest absolute Gasteiger partial charge is 0.309 e. The van der Waals surface area contributed by atoms with Gasteiger partial charge in [0, 0.05) is 17.0 Å². The first kappa shape index (κ1) is 21.8. The van der Waals surface area contributed by atoms with Crippen molar-refractivity contribution in [3.05, 3.63) is 53.1 Å². The zero-order valence-corrected chi connectivity index (χ0v) is 19.5. The summed E-state index contributed by atoms with van der Waals surface area (Å²) < 4.78 is 1.13. The molecule has 4 nitrogen and oxygen atoms in total. The van der Waals surface area contributed by atoms with Gasteiger partial charge in [-0.3, -0.25) is 9.69 Å². The van der Waals surface area contributed by atoms with Crippen LogP contribution in [0, 0.1) is 13.8 Å². The monoisotopic (exact) mass is 427 g/mol. The van der Waals surface area contributed by atoms with Crippen LogP contribution >= 0.6 is 23.1 Å². The van der Waals surface area contributed by atoms with Gasteiger partial charge >= 0.3 is 0 Å². The van der Waals surface area contributed by atoms with Crippen LogP contribution in [0.2, 0.25) is 0 Å². The van der Waals surface area contributed by atoms with Crippen molar-refractivity contribution in [2.24, 2.45) is 0 Å². The number of aromatic nitrogens is 1. The lowest BCUT2D eigenvalue weighted by atomic mass is 10.1. The Labute approximate surface area is 181 Å². The molecule has 2 aromatic carbocycles. The minimum absolute atomic E-state index is 0.0187.